The minimum absolute atomic E-state index is 0.0135. The van der Waals surface area contributed by atoms with Gasteiger partial charge in [0.15, 0.2) is 0 Å². The molecule has 0 saturated heterocycles. The van der Waals surface area contributed by atoms with Crippen molar-refractivity contribution in [2.24, 2.45) is 0 Å². The molecule has 1 aromatic heterocycles. The highest BCUT2D eigenvalue weighted by atomic mass is 32.2. The number of carbonyl (C=O) groups is 1. The molecule has 0 saturated carbocycles. The van der Waals surface area contributed by atoms with Crippen LogP contribution in [0.3, 0.4) is 0 Å². The highest BCUT2D eigenvalue weighted by Gasteiger charge is 2.10. The van der Waals surface area contributed by atoms with E-state index in [4.69, 9.17) is 0 Å². The van der Waals surface area contributed by atoms with Crippen molar-refractivity contribution in [3.05, 3.63) is 16.1 Å². The van der Waals surface area contributed by atoms with Gasteiger partial charge in [0, 0.05) is 17.2 Å². The number of carbonyl (C=O) groups excluding carboxylic acids is 1. The molecule has 102 valence electrons. The quantitative estimate of drug-likeness (QED) is 0.805. The van der Waals surface area contributed by atoms with Gasteiger partial charge < -0.3 is 10.4 Å². The van der Waals surface area contributed by atoms with Crippen LogP contribution in [0, 0.1) is 6.92 Å². The van der Waals surface area contributed by atoms with E-state index in [2.05, 4.69) is 10.3 Å². The lowest BCUT2D eigenvalue weighted by Gasteiger charge is -2.15. The number of aliphatic hydroxyl groups excluding tert-OH is 1. The first-order valence-electron chi connectivity index (χ1n) is 5.93. The lowest BCUT2D eigenvalue weighted by molar-refractivity contribution is -0.119. The summed E-state index contributed by atoms with van der Waals surface area (Å²) in [5, 5.41) is 15.1. The lowest BCUT2D eigenvalue weighted by atomic mass is 10.1. The van der Waals surface area contributed by atoms with Crippen LogP contribution in [-0.4, -0.2) is 33.9 Å². The van der Waals surface area contributed by atoms with Gasteiger partial charge in [-0.05, 0) is 27.2 Å². The molecule has 4 nitrogen and oxygen atoms in total. The number of rotatable bonds is 7. The number of nitrogens with zero attached hydrogens (tertiary/aromatic N) is 1. The van der Waals surface area contributed by atoms with Crippen LogP contribution >= 0.6 is 23.1 Å². The number of thiazole rings is 1. The largest absolute Gasteiger partial charge is 0.393 e. The van der Waals surface area contributed by atoms with E-state index in [1.165, 1.54) is 0 Å². The average Bonchev–Trinajstić information content (AvgIpc) is 2.62. The zero-order valence-electron chi connectivity index (χ0n) is 11.0. The number of nitrogens with one attached hydrogen (secondary N) is 1. The Morgan fingerprint density at radius 2 is 2.33 bits per heavy atom. The molecule has 0 bridgehead atoms. The molecule has 1 aromatic rings. The third-order valence-electron chi connectivity index (χ3n) is 2.25. The van der Waals surface area contributed by atoms with Gasteiger partial charge >= 0.3 is 0 Å². The smallest absolute Gasteiger partial charge is 0.230 e. The second-order valence-corrected chi connectivity index (χ2v) is 6.45. The molecule has 0 radical (unpaired) electrons. The summed E-state index contributed by atoms with van der Waals surface area (Å²) in [6.07, 6.45) is 0.202. The van der Waals surface area contributed by atoms with E-state index < -0.39 is 0 Å². The fourth-order valence-electron chi connectivity index (χ4n) is 1.61. The van der Waals surface area contributed by atoms with Gasteiger partial charge in [0.05, 0.1) is 22.6 Å². The molecule has 0 aliphatic rings. The molecule has 1 rings (SSSR count). The Balaban J connectivity index is 2.17. The van der Waals surface area contributed by atoms with Crippen molar-refractivity contribution >= 4 is 29.0 Å². The summed E-state index contributed by atoms with van der Waals surface area (Å²) < 4.78 is 0. The van der Waals surface area contributed by atoms with Crippen LogP contribution in [0.4, 0.5) is 0 Å². The zero-order valence-corrected chi connectivity index (χ0v) is 12.6. The Morgan fingerprint density at radius 3 is 2.89 bits per heavy atom. The lowest BCUT2D eigenvalue weighted by Crippen LogP contribution is -2.35. The monoisotopic (exact) mass is 288 g/mol. The highest BCUT2D eigenvalue weighted by Crippen LogP contribution is 2.14. The van der Waals surface area contributed by atoms with Crippen molar-refractivity contribution in [3.8, 4) is 0 Å². The second kappa shape index (κ2) is 7.76. The SMILES string of the molecule is Cc1nc(CSCC(=O)NC(C)CC(C)O)cs1. The molecule has 0 spiro atoms. The molecule has 18 heavy (non-hydrogen) atoms. The molecule has 2 N–H and O–H groups in total. The molecular formula is C12H20N2O2S2. The van der Waals surface area contributed by atoms with E-state index in [9.17, 15) is 9.90 Å². The maximum atomic E-state index is 11.6. The van der Waals surface area contributed by atoms with E-state index in [0.717, 1.165) is 16.5 Å². The summed E-state index contributed by atoms with van der Waals surface area (Å²) in [6, 6.07) is 0.0135. The van der Waals surface area contributed by atoms with Crippen LogP contribution in [0.25, 0.3) is 0 Å². The standard InChI is InChI=1S/C12H20N2O2S2/c1-8(4-9(2)15)13-12(16)7-17-5-11-6-18-10(3)14-11/h6,8-9,15H,4-5,7H2,1-3H3,(H,13,16). The van der Waals surface area contributed by atoms with Crippen molar-refractivity contribution in [2.45, 2.75) is 45.1 Å². The van der Waals surface area contributed by atoms with E-state index in [1.807, 2.05) is 19.2 Å². The first-order chi connectivity index (χ1) is 8.47. The predicted molar refractivity (Wildman–Crippen MR) is 76.9 cm³/mol. The molecule has 6 heteroatoms. The van der Waals surface area contributed by atoms with Gasteiger partial charge in [-0.3, -0.25) is 4.79 Å². The summed E-state index contributed by atoms with van der Waals surface area (Å²) in [5.74, 6) is 1.21. The number of aryl methyl sites for hydroxylation is 1. The summed E-state index contributed by atoms with van der Waals surface area (Å²) in [4.78, 5) is 15.9. The summed E-state index contributed by atoms with van der Waals surface area (Å²) in [6.45, 7) is 5.60. The molecular weight excluding hydrogens is 268 g/mol. The van der Waals surface area contributed by atoms with Crippen LogP contribution in [0.1, 0.15) is 31.0 Å². The Bertz CT molecular complexity index is 380. The third-order valence-corrected chi connectivity index (χ3v) is 4.04. The topological polar surface area (TPSA) is 62.2 Å². The third kappa shape index (κ3) is 6.37. The Hall–Kier alpha value is -0.590. The first kappa shape index (κ1) is 15.5. The first-order valence-corrected chi connectivity index (χ1v) is 7.97. The van der Waals surface area contributed by atoms with Gasteiger partial charge in [0.2, 0.25) is 5.91 Å². The number of aliphatic hydroxyl groups is 1. The molecule has 0 fully saturated rings. The average molecular weight is 288 g/mol. The van der Waals surface area contributed by atoms with Crippen molar-refractivity contribution in [1.29, 1.82) is 0 Å². The number of hydrogen-bond donors (Lipinski definition) is 2. The van der Waals surface area contributed by atoms with Crippen molar-refractivity contribution in [1.82, 2.24) is 10.3 Å². The molecule has 2 unspecified atom stereocenters. The maximum Gasteiger partial charge on any atom is 0.230 e. The number of thioether (sulfide) groups is 1. The van der Waals surface area contributed by atoms with Crippen molar-refractivity contribution < 1.29 is 9.90 Å². The van der Waals surface area contributed by atoms with Crippen LogP contribution in [0.2, 0.25) is 0 Å². The fourth-order valence-corrected chi connectivity index (χ4v) is 3.06. The van der Waals surface area contributed by atoms with Gasteiger partial charge in [-0.2, -0.15) is 0 Å². The number of amides is 1. The van der Waals surface area contributed by atoms with Crippen LogP contribution < -0.4 is 5.32 Å². The minimum Gasteiger partial charge on any atom is -0.393 e. The Kier molecular flexibility index (Phi) is 6.67. The van der Waals surface area contributed by atoms with Gasteiger partial charge in [-0.25, -0.2) is 4.98 Å². The van der Waals surface area contributed by atoms with E-state index in [0.29, 0.717) is 12.2 Å². The molecule has 0 aliphatic carbocycles. The second-order valence-electron chi connectivity index (χ2n) is 4.40. The van der Waals surface area contributed by atoms with E-state index in [-0.39, 0.29) is 18.1 Å². The molecule has 2 atom stereocenters. The Morgan fingerprint density at radius 1 is 1.61 bits per heavy atom. The normalized spacial score (nSPS) is 14.2. The van der Waals surface area contributed by atoms with Crippen molar-refractivity contribution in [3.63, 3.8) is 0 Å². The fraction of sp³-hybridized carbons (Fsp3) is 0.667. The summed E-state index contributed by atoms with van der Waals surface area (Å²) >= 11 is 3.19. The molecule has 0 aromatic carbocycles. The Labute approximate surface area is 116 Å². The van der Waals surface area contributed by atoms with Gasteiger partial charge in [0.1, 0.15) is 0 Å². The zero-order chi connectivity index (χ0) is 13.5. The minimum atomic E-state index is -0.383. The van der Waals surface area contributed by atoms with Gasteiger partial charge in [-0.15, -0.1) is 23.1 Å². The van der Waals surface area contributed by atoms with E-state index in [1.54, 1.807) is 30.0 Å². The number of aromatic nitrogens is 1. The van der Waals surface area contributed by atoms with Crippen LogP contribution in [0.15, 0.2) is 5.38 Å². The summed E-state index contributed by atoms with van der Waals surface area (Å²) in [7, 11) is 0. The highest BCUT2D eigenvalue weighted by molar-refractivity contribution is 7.99. The van der Waals surface area contributed by atoms with Gasteiger partial charge in [0.25, 0.3) is 0 Å². The van der Waals surface area contributed by atoms with E-state index >= 15 is 0 Å². The van der Waals surface area contributed by atoms with Crippen molar-refractivity contribution in [2.75, 3.05) is 5.75 Å². The molecule has 0 aliphatic heterocycles. The van der Waals surface area contributed by atoms with Crippen LogP contribution in [0.5, 0.6) is 0 Å². The molecule has 1 amide bonds. The molecule has 1 heterocycles. The van der Waals surface area contributed by atoms with Crippen LogP contribution in [-0.2, 0) is 10.5 Å². The maximum absolute atomic E-state index is 11.6. The number of hydrogen-bond acceptors (Lipinski definition) is 5. The summed E-state index contributed by atoms with van der Waals surface area (Å²) in [5.41, 5.74) is 1.03. The predicted octanol–water partition coefficient (Wildman–Crippen LogP) is 1.96. The van der Waals surface area contributed by atoms with Gasteiger partial charge in [-0.1, -0.05) is 0 Å².